The van der Waals surface area contributed by atoms with Crippen LogP contribution in [0, 0.1) is 17.1 Å². The Morgan fingerprint density at radius 1 is 1.41 bits per heavy atom. The van der Waals surface area contributed by atoms with Gasteiger partial charge >= 0.3 is 6.09 Å². The predicted octanol–water partition coefficient (Wildman–Crippen LogP) is 2.44. The molecule has 0 aromatic heterocycles. The fourth-order valence-corrected chi connectivity index (χ4v) is 1.86. The zero-order valence-electron chi connectivity index (χ0n) is 13.4. The molecule has 0 bridgehead atoms. The predicted molar refractivity (Wildman–Crippen MR) is 81.8 cm³/mol. The van der Waals surface area contributed by atoms with Crippen molar-refractivity contribution in [1.82, 2.24) is 5.32 Å². The number of nitrogens with zero attached hydrogens (tertiary/aromatic N) is 1. The van der Waals surface area contributed by atoms with E-state index in [9.17, 15) is 9.18 Å². The summed E-state index contributed by atoms with van der Waals surface area (Å²) < 4.78 is 18.6. The summed E-state index contributed by atoms with van der Waals surface area (Å²) in [6.07, 6.45) is -0.546. The largest absolute Gasteiger partial charge is 0.444 e. The maximum absolute atomic E-state index is 13.4. The van der Waals surface area contributed by atoms with Crippen LogP contribution in [0.5, 0.6) is 0 Å². The highest BCUT2D eigenvalue weighted by atomic mass is 19.1. The van der Waals surface area contributed by atoms with Gasteiger partial charge in [0.25, 0.3) is 0 Å². The number of hydrogen-bond acceptors (Lipinski definition) is 4. The molecule has 5 nitrogen and oxygen atoms in total. The van der Waals surface area contributed by atoms with Crippen LogP contribution in [0.3, 0.4) is 0 Å². The number of carbonyl (C=O) groups is 1. The molecule has 3 N–H and O–H groups in total. The first kappa shape index (κ1) is 17.9. The number of nitriles is 1. The quantitative estimate of drug-likeness (QED) is 0.894. The summed E-state index contributed by atoms with van der Waals surface area (Å²) in [6, 6.07) is 6.06. The lowest BCUT2D eigenvalue weighted by molar-refractivity contribution is 0.0516. The van der Waals surface area contributed by atoms with E-state index in [1.54, 1.807) is 32.9 Å². The van der Waals surface area contributed by atoms with Crippen molar-refractivity contribution in [3.63, 3.8) is 0 Å². The van der Waals surface area contributed by atoms with Gasteiger partial charge in [0.2, 0.25) is 0 Å². The normalized spacial score (nSPS) is 13.9. The number of ether oxygens (including phenoxy) is 1. The first-order valence-electron chi connectivity index (χ1n) is 6.98. The molecule has 0 spiro atoms. The number of nitrogens with two attached hydrogens (primary N) is 1. The van der Waals surface area contributed by atoms with E-state index in [1.807, 2.05) is 6.92 Å². The number of rotatable bonds is 4. The fraction of sp³-hybridized carbons (Fsp3) is 0.500. The number of hydrogen-bond donors (Lipinski definition) is 2. The topological polar surface area (TPSA) is 88.1 Å². The SMILES string of the molecule is CC(C)(C)OC(=O)NCC(C)(CN)c1ccc(F)c(C#N)c1. The molecule has 0 radical (unpaired) electrons. The van der Waals surface area contributed by atoms with Crippen molar-refractivity contribution in [3.05, 3.63) is 35.1 Å². The third-order valence-corrected chi connectivity index (χ3v) is 3.26. The molecule has 1 unspecified atom stereocenters. The van der Waals surface area contributed by atoms with Crippen LogP contribution in [0.25, 0.3) is 0 Å². The van der Waals surface area contributed by atoms with Crippen molar-refractivity contribution in [2.24, 2.45) is 5.73 Å². The lowest BCUT2D eigenvalue weighted by Crippen LogP contribution is -2.45. The molecule has 0 aliphatic heterocycles. The average Bonchev–Trinajstić information content (AvgIpc) is 2.43. The molecule has 0 saturated carbocycles. The Kier molecular flexibility index (Phi) is 5.50. The van der Waals surface area contributed by atoms with E-state index in [1.165, 1.54) is 12.1 Å². The molecule has 0 aliphatic rings. The second-order valence-electron chi connectivity index (χ2n) is 6.43. The number of alkyl carbamates (subject to hydrolysis) is 1. The lowest BCUT2D eigenvalue weighted by atomic mass is 9.82. The van der Waals surface area contributed by atoms with E-state index < -0.39 is 22.9 Å². The smallest absolute Gasteiger partial charge is 0.407 e. The summed E-state index contributed by atoms with van der Waals surface area (Å²) in [5.41, 5.74) is 5.23. The van der Waals surface area contributed by atoms with Gasteiger partial charge < -0.3 is 15.8 Å². The minimum absolute atomic E-state index is 0.0468. The van der Waals surface area contributed by atoms with Gasteiger partial charge in [0.1, 0.15) is 17.5 Å². The molecule has 1 rings (SSSR count). The van der Waals surface area contributed by atoms with Gasteiger partial charge in [-0.1, -0.05) is 13.0 Å². The monoisotopic (exact) mass is 307 g/mol. The van der Waals surface area contributed by atoms with Gasteiger partial charge in [0.15, 0.2) is 0 Å². The van der Waals surface area contributed by atoms with Gasteiger partial charge in [-0.25, -0.2) is 9.18 Å². The third kappa shape index (κ3) is 4.71. The van der Waals surface area contributed by atoms with E-state index in [2.05, 4.69) is 5.32 Å². The van der Waals surface area contributed by atoms with Crippen LogP contribution in [0.2, 0.25) is 0 Å². The molecule has 0 heterocycles. The van der Waals surface area contributed by atoms with Crippen LogP contribution in [-0.4, -0.2) is 24.8 Å². The minimum atomic E-state index is -0.629. The van der Waals surface area contributed by atoms with Gasteiger partial charge in [0.05, 0.1) is 5.56 Å². The molecular weight excluding hydrogens is 285 g/mol. The summed E-state index contributed by atoms with van der Waals surface area (Å²) in [7, 11) is 0. The molecule has 1 amide bonds. The van der Waals surface area contributed by atoms with Crippen LogP contribution in [-0.2, 0) is 10.2 Å². The number of nitrogens with one attached hydrogen (secondary N) is 1. The molecule has 1 atom stereocenters. The van der Waals surface area contributed by atoms with Crippen molar-refractivity contribution in [3.8, 4) is 6.07 Å². The van der Waals surface area contributed by atoms with E-state index in [0.717, 1.165) is 0 Å². The molecule has 0 fully saturated rings. The van der Waals surface area contributed by atoms with Crippen LogP contribution in [0.4, 0.5) is 9.18 Å². The van der Waals surface area contributed by atoms with Gasteiger partial charge in [-0.05, 0) is 38.5 Å². The fourth-order valence-electron chi connectivity index (χ4n) is 1.86. The van der Waals surface area contributed by atoms with E-state index in [-0.39, 0.29) is 18.7 Å². The first-order valence-corrected chi connectivity index (χ1v) is 6.98. The number of amides is 1. The first-order chi connectivity index (χ1) is 10.1. The Hall–Kier alpha value is -2.13. The molecule has 1 aromatic carbocycles. The Morgan fingerprint density at radius 2 is 2.05 bits per heavy atom. The summed E-state index contributed by atoms with van der Waals surface area (Å²) in [5, 5.41) is 11.6. The van der Waals surface area contributed by atoms with E-state index in [0.29, 0.717) is 5.56 Å². The Balaban J connectivity index is 2.89. The molecule has 120 valence electrons. The van der Waals surface area contributed by atoms with E-state index >= 15 is 0 Å². The van der Waals surface area contributed by atoms with Crippen LogP contribution in [0.1, 0.15) is 38.8 Å². The molecule has 1 aromatic rings. The van der Waals surface area contributed by atoms with Crippen molar-refractivity contribution < 1.29 is 13.9 Å². The highest BCUT2D eigenvalue weighted by Crippen LogP contribution is 2.24. The maximum atomic E-state index is 13.4. The van der Waals surface area contributed by atoms with Crippen molar-refractivity contribution >= 4 is 6.09 Å². The molecule has 6 heteroatoms. The minimum Gasteiger partial charge on any atom is -0.444 e. The van der Waals surface area contributed by atoms with Gasteiger partial charge in [-0.3, -0.25) is 0 Å². The average molecular weight is 307 g/mol. The van der Waals surface area contributed by atoms with Crippen LogP contribution >= 0.6 is 0 Å². The second-order valence-corrected chi connectivity index (χ2v) is 6.43. The Bertz CT molecular complexity index is 590. The highest BCUT2D eigenvalue weighted by molar-refractivity contribution is 5.67. The number of halogens is 1. The summed E-state index contributed by atoms with van der Waals surface area (Å²) in [4.78, 5) is 11.7. The van der Waals surface area contributed by atoms with Crippen molar-refractivity contribution in [1.29, 1.82) is 5.26 Å². The zero-order chi connectivity index (χ0) is 17.0. The summed E-state index contributed by atoms with van der Waals surface area (Å²) in [5.74, 6) is -0.578. The number of carbonyl (C=O) groups excluding carboxylic acids is 1. The molecule has 0 aliphatic carbocycles. The Labute approximate surface area is 130 Å². The van der Waals surface area contributed by atoms with Gasteiger partial charge in [-0.2, -0.15) is 5.26 Å². The van der Waals surface area contributed by atoms with Gasteiger partial charge in [0, 0.05) is 18.5 Å². The molecule has 0 saturated heterocycles. The van der Waals surface area contributed by atoms with Crippen LogP contribution < -0.4 is 11.1 Å². The van der Waals surface area contributed by atoms with Crippen LogP contribution in [0.15, 0.2) is 18.2 Å². The summed E-state index contributed by atoms with van der Waals surface area (Å²) in [6.45, 7) is 7.59. The Morgan fingerprint density at radius 3 is 2.55 bits per heavy atom. The standard InChI is InChI=1S/C16H22FN3O2/c1-15(2,3)22-14(21)20-10-16(4,9-19)12-5-6-13(17)11(7-12)8-18/h5-7H,9-10,19H2,1-4H3,(H,20,21). The van der Waals surface area contributed by atoms with E-state index in [4.69, 9.17) is 15.7 Å². The van der Waals surface area contributed by atoms with Crippen molar-refractivity contribution in [2.75, 3.05) is 13.1 Å². The second kappa shape index (κ2) is 6.75. The summed E-state index contributed by atoms with van der Waals surface area (Å²) >= 11 is 0. The third-order valence-electron chi connectivity index (χ3n) is 3.26. The number of benzene rings is 1. The lowest BCUT2D eigenvalue weighted by Gasteiger charge is -2.30. The maximum Gasteiger partial charge on any atom is 0.407 e. The highest BCUT2D eigenvalue weighted by Gasteiger charge is 2.28. The van der Waals surface area contributed by atoms with Crippen molar-refractivity contribution in [2.45, 2.75) is 38.7 Å². The molecule has 22 heavy (non-hydrogen) atoms. The molecular formula is C16H22FN3O2. The zero-order valence-corrected chi connectivity index (χ0v) is 13.4. The van der Waals surface area contributed by atoms with Gasteiger partial charge in [-0.15, -0.1) is 0 Å².